The first-order valence-electron chi connectivity index (χ1n) is 7.88. The lowest BCUT2D eigenvalue weighted by Crippen LogP contribution is -2.11. The van der Waals surface area contributed by atoms with E-state index in [1.807, 2.05) is 0 Å². The summed E-state index contributed by atoms with van der Waals surface area (Å²) in [5, 5.41) is 0.811. The number of para-hydroxylation sites is 1. The lowest BCUT2D eigenvalue weighted by atomic mass is 10.2. The monoisotopic (exact) mass is 322 g/mol. The lowest BCUT2D eigenvalue weighted by Gasteiger charge is -2.17. The van der Waals surface area contributed by atoms with Gasteiger partial charge in [-0.25, -0.2) is 4.98 Å². The molecule has 0 spiro atoms. The summed E-state index contributed by atoms with van der Waals surface area (Å²) in [4.78, 5) is 4.89. The molecule has 2 nitrogen and oxygen atoms in total. The molecule has 0 N–H and O–H groups in total. The quantitative estimate of drug-likeness (QED) is 0.723. The van der Waals surface area contributed by atoms with Crippen molar-refractivity contribution in [1.82, 2.24) is 9.55 Å². The molecule has 4 heteroatoms. The van der Waals surface area contributed by atoms with Crippen LogP contribution in [0.5, 0.6) is 0 Å². The number of aryl methyl sites for hydroxylation is 2. The van der Waals surface area contributed by atoms with Crippen molar-refractivity contribution in [2.75, 3.05) is 11.6 Å². The number of hydrogen-bond donors (Lipinski definition) is 0. The normalized spacial score (nSPS) is 22.2. The van der Waals surface area contributed by atoms with Crippen molar-refractivity contribution >= 4 is 34.4 Å². The van der Waals surface area contributed by atoms with E-state index in [-0.39, 0.29) is 0 Å². The number of alkyl halides is 1. The van der Waals surface area contributed by atoms with Crippen LogP contribution in [0.4, 0.5) is 0 Å². The van der Waals surface area contributed by atoms with E-state index in [4.69, 9.17) is 16.6 Å². The van der Waals surface area contributed by atoms with Crippen LogP contribution in [0.25, 0.3) is 11.0 Å². The average Bonchev–Trinajstić information content (AvgIpc) is 3.05. The molecule has 1 saturated carbocycles. The Morgan fingerprint density at radius 3 is 3.00 bits per heavy atom. The zero-order chi connectivity index (χ0) is 14.8. The van der Waals surface area contributed by atoms with Crippen molar-refractivity contribution in [3.05, 3.63) is 29.6 Å². The number of benzene rings is 1. The van der Waals surface area contributed by atoms with Crippen LogP contribution in [0, 0.1) is 6.92 Å². The Kier molecular flexibility index (Phi) is 4.80. The highest BCUT2D eigenvalue weighted by atomic mass is 35.5. The predicted octanol–water partition coefficient (Wildman–Crippen LogP) is 4.97. The standard InChI is InChI=1S/C17H23ClN2S/c1-3-21-14-8-7-13(11-14)20-15-6-4-5-12(2)17(15)19-16(20)9-10-18/h4-6,13-14H,3,7-11H2,1-2H3. The van der Waals surface area contributed by atoms with Gasteiger partial charge in [0.25, 0.3) is 0 Å². The molecule has 1 aliphatic carbocycles. The molecule has 1 aromatic carbocycles. The Labute approximate surface area is 136 Å². The molecule has 1 aromatic heterocycles. The summed E-state index contributed by atoms with van der Waals surface area (Å²) in [5.74, 6) is 3.03. The van der Waals surface area contributed by atoms with Gasteiger partial charge in [-0.15, -0.1) is 11.6 Å². The van der Waals surface area contributed by atoms with Crippen LogP contribution in [-0.2, 0) is 6.42 Å². The number of thioether (sulfide) groups is 1. The van der Waals surface area contributed by atoms with Crippen LogP contribution in [0.15, 0.2) is 18.2 Å². The van der Waals surface area contributed by atoms with Gasteiger partial charge in [-0.05, 0) is 43.6 Å². The molecule has 1 aliphatic rings. The summed E-state index contributed by atoms with van der Waals surface area (Å²) in [6.07, 6.45) is 4.73. The molecule has 0 saturated heterocycles. The fourth-order valence-electron chi connectivity index (χ4n) is 3.51. The van der Waals surface area contributed by atoms with Gasteiger partial charge < -0.3 is 4.57 Å². The van der Waals surface area contributed by atoms with E-state index >= 15 is 0 Å². The molecule has 0 amide bonds. The van der Waals surface area contributed by atoms with E-state index in [9.17, 15) is 0 Å². The summed E-state index contributed by atoms with van der Waals surface area (Å²) >= 11 is 8.11. The minimum absolute atomic E-state index is 0.596. The molecule has 0 aliphatic heterocycles. The van der Waals surface area contributed by atoms with Gasteiger partial charge in [-0.2, -0.15) is 11.8 Å². The van der Waals surface area contributed by atoms with Gasteiger partial charge in [0.15, 0.2) is 0 Å². The highest BCUT2D eigenvalue weighted by Crippen LogP contribution is 2.39. The molecule has 2 atom stereocenters. The van der Waals surface area contributed by atoms with Crippen LogP contribution >= 0.6 is 23.4 Å². The summed E-state index contributed by atoms with van der Waals surface area (Å²) in [5.41, 5.74) is 3.71. The molecule has 3 rings (SSSR count). The molecular weight excluding hydrogens is 300 g/mol. The fraction of sp³-hybridized carbons (Fsp3) is 0.588. The number of fused-ring (bicyclic) bond motifs is 1. The van der Waals surface area contributed by atoms with E-state index in [1.54, 1.807) is 0 Å². The number of hydrogen-bond acceptors (Lipinski definition) is 2. The van der Waals surface area contributed by atoms with Crippen molar-refractivity contribution < 1.29 is 0 Å². The third-order valence-electron chi connectivity index (χ3n) is 4.44. The van der Waals surface area contributed by atoms with Crippen LogP contribution in [0.1, 0.15) is 43.6 Å². The molecule has 1 heterocycles. The maximum absolute atomic E-state index is 6.00. The summed E-state index contributed by atoms with van der Waals surface area (Å²) in [6.45, 7) is 4.40. The molecule has 1 fully saturated rings. The van der Waals surface area contributed by atoms with Gasteiger partial charge in [0.05, 0.1) is 11.0 Å². The molecule has 0 bridgehead atoms. The minimum atomic E-state index is 0.596. The summed E-state index contributed by atoms with van der Waals surface area (Å²) in [6, 6.07) is 7.11. The SMILES string of the molecule is CCSC1CCC(n2c(CCCl)nc3c(C)cccc32)C1. The molecule has 114 valence electrons. The predicted molar refractivity (Wildman–Crippen MR) is 93.7 cm³/mol. The second kappa shape index (κ2) is 6.62. The second-order valence-corrected chi connectivity index (χ2v) is 7.78. The zero-order valence-electron chi connectivity index (χ0n) is 12.8. The van der Waals surface area contributed by atoms with Crippen LogP contribution in [0.2, 0.25) is 0 Å². The highest BCUT2D eigenvalue weighted by molar-refractivity contribution is 7.99. The zero-order valence-corrected chi connectivity index (χ0v) is 14.4. The lowest BCUT2D eigenvalue weighted by molar-refractivity contribution is 0.514. The number of imidazole rings is 1. The maximum Gasteiger partial charge on any atom is 0.111 e. The van der Waals surface area contributed by atoms with Gasteiger partial charge in [-0.3, -0.25) is 0 Å². The van der Waals surface area contributed by atoms with Gasteiger partial charge in [0.2, 0.25) is 0 Å². The van der Waals surface area contributed by atoms with Gasteiger partial charge in [0.1, 0.15) is 5.82 Å². The first kappa shape index (κ1) is 15.2. The summed E-state index contributed by atoms with van der Waals surface area (Å²) < 4.78 is 2.49. The van der Waals surface area contributed by atoms with Crippen molar-refractivity contribution in [3.8, 4) is 0 Å². The molecule has 2 aromatic rings. The van der Waals surface area contributed by atoms with Gasteiger partial charge >= 0.3 is 0 Å². The number of nitrogens with zero attached hydrogens (tertiary/aromatic N) is 2. The Hall–Kier alpha value is -0.670. The molecule has 0 radical (unpaired) electrons. The molecular formula is C17H23ClN2S. The number of halogens is 1. The molecule has 21 heavy (non-hydrogen) atoms. The van der Waals surface area contributed by atoms with Gasteiger partial charge in [0, 0.05) is 23.6 Å². The highest BCUT2D eigenvalue weighted by Gasteiger charge is 2.28. The van der Waals surface area contributed by atoms with Crippen LogP contribution in [-0.4, -0.2) is 26.4 Å². The minimum Gasteiger partial charge on any atom is -0.325 e. The van der Waals surface area contributed by atoms with Crippen LogP contribution in [0.3, 0.4) is 0 Å². The van der Waals surface area contributed by atoms with Crippen molar-refractivity contribution in [2.45, 2.75) is 50.8 Å². The average molecular weight is 323 g/mol. The Bertz CT molecular complexity index is 623. The summed E-state index contributed by atoms with van der Waals surface area (Å²) in [7, 11) is 0. The van der Waals surface area contributed by atoms with E-state index in [2.05, 4.69) is 48.4 Å². The Balaban J connectivity index is 2.00. The number of rotatable bonds is 5. The fourth-order valence-corrected chi connectivity index (χ4v) is 4.81. The van der Waals surface area contributed by atoms with Crippen LogP contribution < -0.4 is 0 Å². The second-order valence-electron chi connectivity index (χ2n) is 5.82. The van der Waals surface area contributed by atoms with E-state index in [1.165, 1.54) is 41.9 Å². The van der Waals surface area contributed by atoms with Crippen molar-refractivity contribution in [3.63, 3.8) is 0 Å². The third-order valence-corrected chi connectivity index (χ3v) is 5.86. The largest absolute Gasteiger partial charge is 0.325 e. The van der Waals surface area contributed by atoms with Crippen molar-refractivity contribution in [2.24, 2.45) is 0 Å². The Morgan fingerprint density at radius 2 is 2.24 bits per heavy atom. The Morgan fingerprint density at radius 1 is 1.38 bits per heavy atom. The third kappa shape index (κ3) is 2.95. The van der Waals surface area contributed by atoms with Crippen molar-refractivity contribution in [1.29, 1.82) is 0 Å². The van der Waals surface area contributed by atoms with E-state index < -0.39 is 0 Å². The van der Waals surface area contributed by atoms with Gasteiger partial charge in [-0.1, -0.05) is 19.1 Å². The topological polar surface area (TPSA) is 17.8 Å². The molecule has 2 unspecified atom stereocenters. The first-order chi connectivity index (χ1) is 10.2. The maximum atomic E-state index is 6.00. The van der Waals surface area contributed by atoms with E-state index in [0.29, 0.717) is 11.9 Å². The number of aromatic nitrogens is 2. The smallest absolute Gasteiger partial charge is 0.111 e. The first-order valence-corrected chi connectivity index (χ1v) is 9.47. The van der Waals surface area contributed by atoms with E-state index in [0.717, 1.165) is 17.2 Å².